The fourth-order valence-electron chi connectivity index (χ4n) is 2.22. The SMILES string of the molecule is O=CN(c1ncc(Oc2ccccc2C(F)(F)F)s1)c1c(F)cccc1F. The molecule has 0 saturated heterocycles. The number of carbonyl (C=O) groups excluding carboxylic acids is 1. The number of rotatable bonds is 5. The van der Waals surface area contributed by atoms with E-state index in [9.17, 15) is 26.7 Å². The predicted octanol–water partition coefficient (Wildman–Crippen LogP) is 5.53. The van der Waals surface area contributed by atoms with Gasteiger partial charge in [-0.3, -0.25) is 9.69 Å². The molecule has 0 saturated carbocycles. The molecule has 0 radical (unpaired) electrons. The van der Waals surface area contributed by atoms with Crippen LogP contribution >= 0.6 is 11.3 Å². The van der Waals surface area contributed by atoms with Gasteiger partial charge < -0.3 is 4.74 Å². The van der Waals surface area contributed by atoms with Gasteiger partial charge in [-0.15, -0.1) is 0 Å². The van der Waals surface area contributed by atoms with E-state index >= 15 is 0 Å². The van der Waals surface area contributed by atoms with Gasteiger partial charge in [0, 0.05) is 0 Å². The first-order valence-corrected chi connectivity index (χ1v) is 8.11. The molecule has 27 heavy (non-hydrogen) atoms. The summed E-state index contributed by atoms with van der Waals surface area (Å²) in [5, 5.41) is -0.265. The van der Waals surface area contributed by atoms with E-state index in [-0.39, 0.29) is 16.6 Å². The summed E-state index contributed by atoms with van der Waals surface area (Å²) in [5.74, 6) is -2.46. The Kier molecular flexibility index (Phi) is 5.08. The lowest BCUT2D eigenvalue weighted by Crippen LogP contribution is -2.16. The summed E-state index contributed by atoms with van der Waals surface area (Å²) in [5.41, 5.74) is -1.64. The number of thiazole rings is 1. The number of hydrogen-bond donors (Lipinski definition) is 0. The number of para-hydroxylation sites is 2. The standard InChI is InChI=1S/C17H9F5N2O2S/c18-11-5-3-6-12(19)15(11)24(9-25)16-23-8-14(27-16)26-13-7-2-1-4-10(13)17(20,21)22/h1-9H. The van der Waals surface area contributed by atoms with Crippen molar-refractivity contribution in [1.82, 2.24) is 4.98 Å². The van der Waals surface area contributed by atoms with Crippen LogP contribution in [0.2, 0.25) is 0 Å². The molecule has 3 rings (SSSR count). The summed E-state index contributed by atoms with van der Waals surface area (Å²) in [4.78, 5) is 15.7. The quantitative estimate of drug-likeness (QED) is 0.418. The highest BCUT2D eigenvalue weighted by molar-refractivity contribution is 7.17. The van der Waals surface area contributed by atoms with Gasteiger partial charge in [0.1, 0.15) is 23.1 Å². The summed E-state index contributed by atoms with van der Waals surface area (Å²) in [6, 6.07) is 7.59. The molecular formula is C17H9F5N2O2S. The highest BCUT2D eigenvalue weighted by Crippen LogP contribution is 2.41. The molecule has 3 aromatic rings. The summed E-state index contributed by atoms with van der Waals surface area (Å²) < 4.78 is 72.1. The van der Waals surface area contributed by atoms with E-state index < -0.39 is 34.8 Å². The average Bonchev–Trinajstić information content (AvgIpc) is 3.06. The van der Waals surface area contributed by atoms with Crippen molar-refractivity contribution in [3.63, 3.8) is 0 Å². The maximum Gasteiger partial charge on any atom is 0.419 e. The van der Waals surface area contributed by atoms with Gasteiger partial charge in [0.25, 0.3) is 0 Å². The van der Waals surface area contributed by atoms with Crippen LogP contribution in [0, 0.1) is 11.6 Å². The van der Waals surface area contributed by atoms with E-state index in [0.717, 1.165) is 36.5 Å². The second-order valence-electron chi connectivity index (χ2n) is 5.10. The van der Waals surface area contributed by atoms with Gasteiger partial charge in [-0.05, 0) is 24.3 Å². The van der Waals surface area contributed by atoms with E-state index in [1.54, 1.807) is 0 Å². The molecule has 0 N–H and O–H groups in total. The van der Waals surface area contributed by atoms with Crippen molar-refractivity contribution in [1.29, 1.82) is 0 Å². The van der Waals surface area contributed by atoms with E-state index in [0.29, 0.717) is 16.2 Å². The molecule has 1 aromatic heterocycles. The molecule has 10 heteroatoms. The predicted molar refractivity (Wildman–Crippen MR) is 88.2 cm³/mol. The molecule has 0 aliphatic heterocycles. The molecule has 0 atom stereocenters. The molecule has 0 spiro atoms. The van der Waals surface area contributed by atoms with Crippen molar-refractivity contribution in [2.75, 3.05) is 4.90 Å². The Morgan fingerprint density at radius 2 is 1.70 bits per heavy atom. The average molecular weight is 400 g/mol. The van der Waals surface area contributed by atoms with Crippen LogP contribution in [0.25, 0.3) is 0 Å². The Morgan fingerprint density at radius 3 is 2.33 bits per heavy atom. The molecule has 0 aliphatic rings. The molecule has 0 fully saturated rings. The Labute approximate surface area is 153 Å². The normalized spacial score (nSPS) is 11.3. The zero-order valence-corrected chi connectivity index (χ0v) is 14.0. The van der Waals surface area contributed by atoms with Gasteiger partial charge in [0.05, 0.1) is 11.8 Å². The van der Waals surface area contributed by atoms with E-state index in [1.165, 1.54) is 12.1 Å². The van der Waals surface area contributed by atoms with Crippen LogP contribution < -0.4 is 9.64 Å². The molecule has 140 valence electrons. The molecule has 1 heterocycles. The number of hydrogen-bond acceptors (Lipinski definition) is 4. The summed E-state index contributed by atoms with van der Waals surface area (Å²) in [6.45, 7) is 0. The van der Waals surface area contributed by atoms with Crippen molar-refractivity contribution in [3.8, 4) is 10.8 Å². The first-order chi connectivity index (χ1) is 12.8. The number of alkyl halides is 3. The van der Waals surface area contributed by atoms with Crippen LogP contribution in [0.15, 0.2) is 48.7 Å². The van der Waals surface area contributed by atoms with Gasteiger partial charge in [-0.25, -0.2) is 13.8 Å². The Hall–Kier alpha value is -3.01. The fourth-order valence-corrected chi connectivity index (χ4v) is 2.97. The van der Waals surface area contributed by atoms with Gasteiger partial charge in [-0.1, -0.05) is 29.5 Å². The van der Waals surface area contributed by atoms with Crippen molar-refractivity contribution >= 4 is 28.6 Å². The number of nitrogens with zero attached hydrogens (tertiary/aromatic N) is 2. The van der Waals surface area contributed by atoms with Gasteiger partial charge in [0.2, 0.25) is 11.5 Å². The van der Waals surface area contributed by atoms with E-state index in [1.807, 2.05) is 0 Å². The van der Waals surface area contributed by atoms with Gasteiger partial charge >= 0.3 is 6.18 Å². The van der Waals surface area contributed by atoms with E-state index in [4.69, 9.17) is 4.74 Å². The second-order valence-corrected chi connectivity index (χ2v) is 6.08. The smallest absolute Gasteiger partial charge is 0.419 e. The zero-order valence-electron chi connectivity index (χ0n) is 13.2. The van der Waals surface area contributed by atoms with Gasteiger partial charge in [0.15, 0.2) is 5.13 Å². The number of benzene rings is 2. The van der Waals surface area contributed by atoms with Crippen molar-refractivity contribution < 1.29 is 31.5 Å². The largest absolute Gasteiger partial charge is 0.444 e. The third kappa shape index (κ3) is 3.90. The van der Waals surface area contributed by atoms with Gasteiger partial charge in [-0.2, -0.15) is 13.2 Å². The van der Waals surface area contributed by atoms with Crippen LogP contribution in [0.5, 0.6) is 10.8 Å². The number of amides is 1. The van der Waals surface area contributed by atoms with Crippen molar-refractivity contribution in [2.45, 2.75) is 6.18 Å². The first kappa shape index (κ1) is 18.8. The first-order valence-electron chi connectivity index (χ1n) is 7.29. The maximum atomic E-state index is 13.9. The Bertz CT molecular complexity index is 954. The number of ether oxygens (including phenoxy) is 1. The lowest BCUT2D eigenvalue weighted by molar-refractivity contribution is -0.138. The van der Waals surface area contributed by atoms with Crippen LogP contribution in [0.4, 0.5) is 32.8 Å². The zero-order chi connectivity index (χ0) is 19.6. The summed E-state index contributed by atoms with van der Waals surface area (Å²) in [6.07, 6.45) is -3.43. The summed E-state index contributed by atoms with van der Waals surface area (Å²) >= 11 is 0.653. The molecular weight excluding hydrogens is 391 g/mol. The minimum Gasteiger partial charge on any atom is -0.444 e. The van der Waals surface area contributed by atoms with Crippen LogP contribution in [0.3, 0.4) is 0 Å². The highest BCUT2D eigenvalue weighted by Gasteiger charge is 2.34. The lowest BCUT2D eigenvalue weighted by Gasteiger charge is -2.15. The molecule has 0 aliphatic carbocycles. The molecule has 1 amide bonds. The molecule has 0 bridgehead atoms. The molecule has 2 aromatic carbocycles. The fraction of sp³-hybridized carbons (Fsp3) is 0.0588. The monoisotopic (exact) mass is 400 g/mol. The lowest BCUT2D eigenvalue weighted by atomic mass is 10.2. The summed E-state index contributed by atoms with van der Waals surface area (Å²) in [7, 11) is 0. The molecule has 4 nitrogen and oxygen atoms in total. The highest BCUT2D eigenvalue weighted by atomic mass is 32.1. The number of aromatic nitrogens is 1. The maximum absolute atomic E-state index is 13.9. The third-order valence-electron chi connectivity index (χ3n) is 3.37. The molecule has 0 unspecified atom stereocenters. The van der Waals surface area contributed by atoms with Crippen LogP contribution in [-0.4, -0.2) is 11.4 Å². The Balaban J connectivity index is 1.93. The van der Waals surface area contributed by atoms with Crippen molar-refractivity contribution in [3.05, 3.63) is 65.9 Å². The van der Waals surface area contributed by atoms with Crippen LogP contribution in [-0.2, 0) is 11.0 Å². The number of halogens is 5. The minimum atomic E-state index is -4.63. The van der Waals surface area contributed by atoms with Crippen molar-refractivity contribution in [2.24, 2.45) is 0 Å². The third-order valence-corrected chi connectivity index (χ3v) is 4.24. The second kappa shape index (κ2) is 7.31. The van der Waals surface area contributed by atoms with E-state index in [2.05, 4.69) is 4.98 Å². The number of anilines is 2. The topological polar surface area (TPSA) is 42.4 Å². The number of carbonyl (C=O) groups is 1. The van der Waals surface area contributed by atoms with Crippen LogP contribution in [0.1, 0.15) is 5.56 Å². The minimum absolute atomic E-state index is 0.0923. The Morgan fingerprint density at radius 1 is 1.04 bits per heavy atom.